The third-order valence-electron chi connectivity index (χ3n) is 6.06. The molecule has 0 N–H and O–H groups in total. The molecule has 9 heteroatoms. The van der Waals surface area contributed by atoms with E-state index in [0.29, 0.717) is 41.5 Å². The first-order valence-corrected chi connectivity index (χ1v) is 11.0. The Morgan fingerprint density at radius 2 is 1.57 bits per heavy atom. The number of carbonyl (C=O) groups is 1. The van der Waals surface area contributed by atoms with Crippen LogP contribution in [0.25, 0.3) is 0 Å². The molecule has 0 saturated carbocycles. The summed E-state index contributed by atoms with van der Waals surface area (Å²) in [6.07, 6.45) is 0.618. The molecule has 0 aromatic heterocycles. The van der Waals surface area contributed by atoms with Crippen LogP contribution in [0, 0.1) is 10.1 Å². The van der Waals surface area contributed by atoms with Crippen LogP contribution in [0.2, 0.25) is 0 Å². The molecule has 0 spiro atoms. The molecule has 35 heavy (non-hydrogen) atoms. The van der Waals surface area contributed by atoms with Crippen LogP contribution in [0.3, 0.4) is 0 Å². The quantitative estimate of drug-likeness (QED) is 0.349. The van der Waals surface area contributed by atoms with Crippen molar-refractivity contribution in [3.05, 3.63) is 87.5 Å². The molecule has 1 heterocycles. The van der Waals surface area contributed by atoms with Crippen LogP contribution < -0.4 is 18.9 Å². The number of nitro groups is 1. The monoisotopic (exact) mass is 478 g/mol. The zero-order valence-corrected chi connectivity index (χ0v) is 19.7. The summed E-state index contributed by atoms with van der Waals surface area (Å²) >= 11 is 0. The number of hydrogen-bond acceptors (Lipinski definition) is 7. The minimum Gasteiger partial charge on any atom is -0.497 e. The molecule has 9 nitrogen and oxygen atoms in total. The predicted molar refractivity (Wildman–Crippen MR) is 129 cm³/mol. The number of benzene rings is 3. The Morgan fingerprint density at radius 1 is 0.943 bits per heavy atom. The molecular weight excluding hydrogens is 452 g/mol. The standard InChI is InChI=1S/C26H26N2O7/c1-32-20-8-10-21(11-9-20)35-16-23-22-15-25(34-3)24(33-2)14-18(22)12-13-27(23)26(29)17-4-6-19(7-5-17)28(30)31/h4-11,14-15,23H,12-13,16H2,1-3H3/t23-/m1/s1. The number of nitrogens with zero attached hydrogens (tertiary/aromatic N) is 2. The third kappa shape index (κ3) is 4.98. The molecule has 1 aliphatic rings. The number of non-ortho nitro benzene ring substituents is 1. The van der Waals surface area contributed by atoms with Gasteiger partial charge in [0.2, 0.25) is 0 Å². The van der Waals surface area contributed by atoms with Gasteiger partial charge in [0.05, 0.1) is 32.3 Å². The van der Waals surface area contributed by atoms with Crippen LogP contribution in [0.1, 0.15) is 27.5 Å². The molecule has 3 aromatic carbocycles. The molecule has 0 radical (unpaired) electrons. The average Bonchev–Trinajstić information content (AvgIpc) is 2.90. The van der Waals surface area contributed by atoms with Gasteiger partial charge in [0.15, 0.2) is 11.5 Å². The van der Waals surface area contributed by atoms with Crippen LogP contribution >= 0.6 is 0 Å². The van der Waals surface area contributed by atoms with E-state index in [1.807, 2.05) is 12.1 Å². The largest absolute Gasteiger partial charge is 0.497 e. The van der Waals surface area contributed by atoms with E-state index in [1.165, 1.54) is 24.3 Å². The minimum atomic E-state index is -0.490. The molecule has 1 aliphatic heterocycles. The summed E-state index contributed by atoms with van der Waals surface area (Å²) in [5.41, 5.74) is 2.24. The summed E-state index contributed by atoms with van der Waals surface area (Å²) in [5.74, 6) is 2.30. The van der Waals surface area contributed by atoms with Gasteiger partial charge in [0.25, 0.3) is 11.6 Å². The van der Waals surface area contributed by atoms with Crippen molar-refractivity contribution in [3.63, 3.8) is 0 Å². The van der Waals surface area contributed by atoms with E-state index < -0.39 is 11.0 Å². The molecule has 0 bridgehead atoms. The fourth-order valence-corrected chi connectivity index (χ4v) is 4.19. The summed E-state index contributed by atoms with van der Waals surface area (Å²) in [5, 5.41) is 11.0. The van der Waals surface area contributed by atoms with Gasteiger partial charge in [-0.3, -0.25) is 14.9 Å². The molecule has 4 rings (SSSR count). The number of fused-ring (bicyclic) bond motifs is 1. The summed E-state index contributed by atoms with van der Waals surface area (Å²) in [4.78, 5) is 25.8. The van der Waals surface area contributed by atoms with Crippen LogP contribution in [-0.4, -0.2) is 50.2 Å². The molecule has 0 saturated heterocycles. The first-order chi connectivity index (χ1) is 16.9. The Balaban J connectivity index is 1.67. The van der Waals surface area contributed by atoms with Crippen molar-refractivity contribution in [1.29, 1.82) is 0 Å². The minimum absolute atomic E-state index is 0.0678. The van der Waals surface area contributed by atoms with Crippen molar-refractivity contribution < 1.29 is 28.7 Å². The Kier molecular flexibility index (Phi) is 7.05. The SMILES string of the molecule is COc1ccc(OC[C@@H]2c3cc(OC)c(OC)cc3CCN2C(=O)c2ccc([N+](=O)[O-])cc2)cc1. The smallest absolute Gasteiger partial charge is 0.269 e. The lowest BCUT2D eigenvalue weighted by molar-refractivity contribution is -0.384. The Morgan fingerprint density at radius 3 is 2.17 bits per heavy atom. The van der Waals surface area contributed by atoms with Crippen molar-refractivity contribution in [2.75, 3.05) is 34.5 Å². The van der Waals surface area contributed by atoms with E-state index in [-0.39, 0.29) is 18.2 Å². The normalized spacial score (nSPS) is 14.6. The van der Waals surface area contributed by atoms with Crippen molar-refractivity contribution in [1.82, 2.24) is 4.90 Å². The van der Waals surface area contributed by atoms with Crippen LogP contribution in [-0.2, 0) is 6.42 Å². The first kappa shape index (κ1) is 23.9. The molecule has 1 atom stereocenters. The van der Waals surface area contributed by atoms with Gasteiger partial charge < -0.3 is 23.8 Å². The van der Waals surface area contributed by atoms with Gasteiger partial charge in [0.1, 0.15) is 18.1 Å². The number of methoxy groups -OCH3 is 3. The number of hydrogen-bond donors (Lipinski definition) is 0. The molecule has 0 unspecified atom stereocenters. The summed E-state index contributed by atoms with van der Waals surface area (Å²) < 4.78 is 22.3. The maximum absolute atomic E-state index is 13.5. The van der Waals surface area contributed by atoms with Gasteiger partial charge in [-0.05, 0) is 66.1 Å². The highest BCUT2D eigenvalue weighted by Gasteiger charge is 2.33. The maximum atomic E-state index is 13.5. The van der Waals surface area contributed by atoms with Gasteiger partial charge in [-0.15, -0.1) is 0 Å². The van der Waals surface area contributed by atoms with E-state index >= 15 is 0 Å². The van der Waals surface area contributed by atoms with Gasteiger partial charge in [-0.25, -0.2) is 0 Å². The third-order valence-corrected chi connectivity index (χ3v) is 6.06. The molecular formula is C26H26N2O7. The second-order valence-electron chi connectivity index (χ2n) is 7.96. The lowest BCUT2D eigenvalue weighted by atomic mass is 9.91. The Labute approximate surface area is 202 Å². The molecule has 0 fully saturated rings. The van der Waals surface area contributed by atoms with E-state index in [2.05, 4.69) is 0 Å². The van der Waals surface area contributed by atoms with E-state index in [1.54, 1.807) is 50.5 Å². The van der Waals surface area contributed by atoms with Crippen molar-refractivity contribution in [2.45, 2.75) is 12.5 Å². The zero-order valence-electron chi connectivity index (χ0n) is 19.7. The highest BCUT2D eigenvalue weighted by Crippen LogP contribution is 2.39. The number of rotatable bonds is 8. The zero-order chi connectivity index (χ0) is 24.9. The second-order valence-corrected chi connectivity index (χ2v) is 7.96. The van der Waals surface area contributed by atoms with Crippen LogP contribution in [0.15, 0.2) is 60.7 Å². The number of carbonyl (C=O) groups excluding carboxylic acids is 1. The van der Waals surface area contributed by atoms with Gasteiger partial charge in [0, 0.05) is 24.2 Å². The van der Waals surface area contributed by atoms with Crippen molar-refractivity contribution in [2.24, 2.45) is 0 Å². The van der Waals surface area contributed by atoms with E-state index in [0.717, 1.165) is 11.1 Å². The Hall–Kier alpha value is -4.27. The topological polar surface area (TPSA) is 100 Å². The van der Waals surface area contributed by atoms with Gasteiger partial charge in [-0.1, -0.05) is 0 Å². The molecule has 0 aliphatic carbocycles. The number of nitro benzene ring substituents is 1. The molecule has 3 aromatic rings. The number of ether oxygens (including phenoxy) is 4. The predicted octanol–water partition coefficient (Wildman–Crippen LogP) is 4.44. The van der Waals surface area contributed by atoms with Crippen LogP contribution in [0.4, 0.5) is 5.69 Å². The average molecular weight is 479 g/mol. The first-order valence-electron chi connectivity index (χ1n) is 11.0. The summed E-state index contributed by atoms with van der Waals surface area (Å²) in [6, 6.07) is 16.2. The fourth-order valence-electron chi connectivity index (χ4n) is 4.19. The van der Waals surface area contributed by atoms with Crippen LogP contribution in [0.5, 0.6) is 23.0 Å². The summed E-state index contributed by atoms with van der Waals surface area (Å²) in [7, 11) is 4.75. The lowest BCUT2D eigenvalue weighted by Gasteiger charge is -2.37. The summed E-state index contributed by atoms with van der Waals surface area (Å²) in [6.45, 7) is 0.655. The van der Waals surface area contributed by atoms with E-state index in [4.69, 9.17) is 18.9 Å². The van der Waals surface area contributed by atoms with Crippen molar-refractivity contribution in [3.8, 4) is 23.0 Å². The van der Waals surface area contributed by atoms with Gasteiger partial charge in [-0.2, -0.15) is 0 Å². The molecule has 182 valence electrons. The highest BCUT2D eigenvalue weighted by molar-refractivity contribution is 5.95. The number of amides is 1. The fraction of sp³-hybridized carbons (Fsp3) is 0.269. The lowest BCUT2D eigenvalue weighted by Crippen LogP contribution is -2.42. The second kappa shape index (κ2) is 10.3. The van der Waals surface area contributed by atoms with Gasteiger partial charge >= 0.3 is 0 Å². The maximum Gasteiger partial charge on any atom is 0.269 e. The van der Waals surface area contributed by atoms with Crippen molar-refractivity contribution >= 4 is 11.6 Å². The van der Waals surface area contributed by atoms with E-state index in [9.17, 15) is 14.9 Å². The highest BCUT2D eigenvalue weighted by atomic mass is 16.6. The Bertz CT molecular complexity index is 1210. The molecule has 1 amide bonds.